The highest BCUT2D eigenvalue weighted by atomic mass is 32.1. The number of nitrogens with one attached hydrogen (secondary N) is 1. The molecule has 2 heterocycles. The Hall–Kier alpha value is -2.02. The fourth-order valence-electron chi connectivity index (χ4n) is 1.39. The predicted octanol–water partition coefficient (Wildman–Crippen LogP) is 1.50. The third kappa shape index (κ3) is 2.62. The van der Waals surface area contributed by atoms with Crippen LogP contribution in [0.3, 0.4) is 0 Å². The van der Waals surface area contributed by atoms with E-state index in [-0.39, 0.29) is 17.9 Å². The Morgan fingerprint density at radius 1 is 1.61 bits per heavy atom. The first kappa shape index (κ1) is 12.4. The van der Waals surface area contributed by atoms with Gasteiger partial charge in [0.1, 0.15) is 0 Å². The Morgan fingerprint density at radius 3 is 3.06 bits per heavy atom. The van der Waals surface area contributed by atoms with Crippen LogP contribution in [0.2, 0.25) is 0 Å². The van der Waals surface area contributed by atoms with E-state index in [9.17, 15) is 9.18 Å². The third-order valence-corrected chi connectivity index (χ3v) is 3.08. The molecule has 2 aromatic rings. The van der Waals surface area contributed by atoms with E-state index in [0.717, 1.165) is 10.7 Å². The van der Waals surface area contributed by atoms with Gasteiger partial charge in [0.25, 0.3) is 5.91 Å². The Kier molecular flexibility index (Phi) is 3.52. The molecule has 0 saturated carbocycles. The van der Waals surface area contributed by atoms with Gasteiger partial charge in [-0.3, -0.25) is 4.79 Å². The van der Waals surface area contributed by atoms with Crippen LogP contribution in [-0.4, -0.2) is 15.9 Å². The number of hydrogen-bond acceptors (Lipinski definition) is 5. The molecule has 0 fully saturated rings. The zero-order valence-corrected chi connectivity index (χ0v) is 10.4. The van der Waals surface area contributed by atoms with Gasteiger partial charge in [0.15, 0.2) is 11.6 Å². The predicted molar refractivity (Wildman–Crippen MR) is 66.6 cm³/mol. The maximum Gasteiger partial charge on any atom is 0.254 e. The van der Waals surface area contributed by atoms with Crippen molar-refractivity contribution in [1.82, 2.24) is 15.3 Å². The van der Waals surface area contributed by atoms with E-state index < -0.39 is 11.7 Å². The molecular weight excluding hydrogens is 255 g/mol. The molecule has 5 nitrogen and oxygen atoms in total. The number of carbonyl (C=O) groups excluding carboxylic acids is 1. The van der Waals surface area contributed by atoms with E-state index in [1.54, 1.807) is 0 Å². The molecule has 0 aliphatic carbocycles. The van der Waals surface area contributed by atoms with Crippen LogP contribution in [-0.2, 0) is 6.54 Å². The minimum Gasteiger partial charge on any atom is -0.381 e. The van der Waals surface area contributed by atoms with Crippen LogP contribution in [0.25, 0.3) is 0 Å². The fourth-order valence-corrected chi connectivity index (χ4v) is 2.00. The van der Waals surface area contributed by atoms with Crippen LogP contribution in [0.5, 0.6) is 0 Å². The minimum absolute atomic E-state index is 0.116. The molecule has 2 aromatic heterocycles. The molecule has 0 unspecified atom stereocenters. The highest BCUT2D eigenvalue weighted by molar-refractivity contribution is 7.09. The molecule has 2 rings (SSSR count). The monoisotopic (exact) mass is 266 g/mol. The van der Waals surface area contributed by atoms with Crippen molar-refractivity contribution in [2.75, 3.05) is 5.73 Å². The summed E-state index contributed by atoms with van der Waals surface area (Å²) in [6.45, 7) is 2.13. The number of halogens is 1. The van der Waals surface area contributed by atoms with Crippen LogP contribution in [0.15, 0.2) is 17.6 Å². The number of nitrogen functional groups attached to an aromatic ring is 1. The molecule has 0 aromatic carbocycles. The second-order valence-electron chi connectivity index (χ2n) is 3.60. The number of aromatic nitrogens is 2. The van der Waals surface area contributed by atoms with Gasteiger partial charge in [0.05, 0.1) is 22.8 Å². The van der Waals surface area contributed by atoms with Gasteiger partial charge in [-0.1, -0.05) is 0 Å². The number of nitrogens with zero attached hydrogens (tertiary/aromatic N) is 2. The average Bonchev–Trinajstić information content (AvgIpc) is 2.76. The van der Waals surface area contributed by atoms with Crippen LogP contribution in [0.1, 0.15) is 21.1 Å². The van der Waals surface area contributed by atoms with Crippen molar-refractivity contribution in [3.8, 4) is 0 Å². The van der Waals surface area contributed by atoms with Gasteiger partial charge in [0.2, 0.25) is 0 Å². The number of carbonyl (C=O) groups is 1. The van der Waals surface area contributed by atoms with Crippen molar-refractivity contribution < 1.29 is 9.18 Å². The van der Waals surface area contributed by atoms with Gasteiger partial charge in [-0.15, -0.1) is 11.3 Å². The normalized spacial score (nSPS) is 10.3. The van der Waals surface area contributed by atoms with Gasteiger partial charge < -0.3 is 11.1 Å². The minimum atomic E-state index is -0.801. The molecule has 3 N–H and O–H groups in total. The summed E-state index contributed by atoms with van der Waals surface area (Å²) in [4.78, 5) is 19.5. The SMILES string of the molecule is Cc1nc(CNC(=O)c2ccnc(N)c2F)cs1. The molecule has 7 heteroatoms. The number of pyridine rings is 1. The lowest BCUT2D eigenvalue weighted by Gasteiger charge is -2.05. The molecule has 0 radical (unpaired) electrons. The first-order valence-corrected chi connectivity index (χ1v) is 6.05. The van der Waals surface area contributed by atoms with Crippen LogP contribution in [0, 0.1) is 12.7 Å². The molecular formula is C11H11FN4OS. The van der Waals surface area contributed by atoms with Crippen molar-refractivity contribution in [2.24, 2.45) is 0 Å². The summed E-state index contributed by atoms with van der Waals surface area (Å²) in [6.07, 6.45) is 1.29. The summed E-state index contributed by atoms with van der Waals surface area (Å²) in [6, 6.07) is 1.29. The van der Waals surface area contributed by atoms with E-state index in [1.807, 2.05) is 12.3 Å². The maximum absolute atomic E-state index is 13.5. The zero-order chi connectivity index (χ0) is 13.1. The molecule has 0 saturated heterocycles. The highest BCUT2D eigenvalue weighted by Gasteiger charge is 2.14. The summed E-state index contributed by atoms with van der Waals surface area (Å²) >= 11 is 1.49. The van der Waals surface area contributed by atoms with E-state index in [0.29, 0.717) is 0 Å². The highest BCUT2D eigenvalue weighted by Crippen LogP contribution is 2.12. The number of anilines is 1. The first-order chi connectivity index (χ1) is 8.58. The summed E-state index contributed by atoms with van der Waals surface area (Å²) in [5.74, 6) is -1.62. The quantitative estimate of drug-likeness (QED) is 0.882. The third-order valence-electron chi connectivity index (χ3n) is 2.26. The van der Waals surface area contributed by atoms with Crippen molar-refractivity contribution in [3.63, 3.8) is 0 Å². The average molecular weight is 266 g/mol. The number of nitrogens with two attached hydrogens (primary N) is 1. The van der Waals surface area contributed by atoms with E-state index in [4.69, 9.17) is 5.73 Å². The maximum atomic E-state index is 13.5. The first-order valence-electron chi connectivity index (χ1n) is 5.17. The number of amides is 1. The summed E-state index contributed by atoms with van der Waals surface area (Å²) in [5, 5.41) is 5.33. The molecule has 0 aliphatic heterocycles. The lowest BCUT2D eigenvalue weighted by Crippen LogP contribution is -2.24. The number of aryl methyl sites for hydroxylation is 1. The van der Waals surface area contributed by atoms with E-state index in [2.05, 4.69) is 15.3 Å². The Balaban J connectivity index is 2.06. The lowest BCUT2D eigenvalue weighted by molar-refractivity contribution is 0.0946. The zero-order valence-electron chi connectivity index (χ0n) is 9.61. The molecule has 0 bridgehead atoms. The summed E-state index contributed by atoms with van der Waals surface area (Å²) in [7, 11) is 0. The Morgan fingerprint density at radius 2 is 2.39 bits per heavy atom. The van der Waals surface area contributed by atoms with Crippen LogP contribution >= 0.6 is 11.3 Å². The van der Waals surface area contributed by atoms with Gasteiger partial charge in [-0.2, -0.15) is 0 Å². The largest absolute Gasteiger partial charge is 0.381 e. The van der Waals surface area contributed by atoms with Crippen molar-refractivity contribution >= 4 is 23.1 Å². The molecule has 1 amide bonds. The van der Waals surface area contributed by atoms with E-state index >= 15 is 0 Å². The van der Waals surface area contributed by atoms with Gasteiger partial charge in [-0.25, -0.2) is 14.4 Å². The number of thiazole rings is 1. The van der Waals surface area contributed by atoms with Crippen LogP contribution in [0.4, 0.5) is 10.2 Å². The second-order valence-corrected chi connectivity index (χ2v) is 4.66. The molecule has 94 valence electrons. The van der Waals surface area contributed by atoms with Gasteiger partial charge in [0, 0.05) is 11.6 Å². The number of hydrogen-bond donors (Lipinski definition) is 2. The standard InChI is InChI=1S/C11H11FN4OS/c1-6-16-7(5-18-6)4-15-11(17)8-2-3-14-10(13)9(8)12/h2-3,5H,4H2,1H3,(H2,13,14)(H,15,17). The van der Waals surface area contributed by atoms with Gasteiger partial charge >= 0.3 is 0 Å². The lowest BCUT2D eigenvalue weighted by atomic mass is 10.2. The molecule has 0 aliphatic rings. The Labute approximate surface area is 107 Å². The number of rotatable bonds is 3. The smallest absolute Gasteiger partial charge is 0.254 e. The van der Waals surface area contributed by atoms with Gasteiger partial charge in [-0.05, 0) is 13.0 Å². The van der Waals surface area contributed by atoms with Crippen molar-refractivity contribution in [2.45, 2.75) is 13.5 Å². The summed E-state index contributed by atoms with van der Waals surface area (Å²) in [5.41, 5.74) is 5.92. The molecule has 18 heavy (non-hydrogen) atoms. The van der Waals surface area contributed by atoms with E-state index in [1.165, 1.54) is 23.6 Å². The summed E-state index contributed by atoms with van der Waals surface area (Å²) < 4.78 is 13.5. The van der Waals surface area contributed by atoms with Crippen LogP contribution < -0.4 is 11.1 Å². The second kappa shape index (κ2) is 5.09. The topological polar surface area (TPSA) is 80.9 Å². The molecule has 0 spiro atoms. The van der Waals surface area contributed by atoms with Crippen molar-refractivity contribution in [1.29, 1.82) is 0 Å². The van der Waals surface area contributed by atoms with Crippen molar-refractivity contribution in [3.05, 3.63) is 39.7 Å². The molecule has 0 atom stereocenters. The fraction of sp³-hybridized carbons (Fsp3) is 0.182. The Bertz CT molecular complexity index is 584.